The highest BCUT2D eigenvalue weighted by Gasteiger charge is 2.69. The Morgan fingerprint density at radius 1 is 0.878 bits per heavy atom. The van der Waals surface area contributed by atoms with Crippen molar-refractivity contribution in [2.75, 3.05) is 25.4 Å². The van der Waals surface area contributed by atoms with Gasteiger partial charge >= 0.3 is 6.03 Å². The van der Waals surface area contributed by atoms with Crippen molar-refractivity contribution < 1.29 is 32.4 Å². The number of urea groups is 1. The smallest absolute Gasteiger partial charge is 0.315 e. The number of hydrogen-bond donors (Lipinski definition) is 4. The summed E-state index contributed by atoms with van der Waals surface area (Å²) in [5.74, 6) is -2.56. The molecular weight excluding hydrogens is 646 g/mol. The Hall–Kier alpha value is -2.70. The van der Waals surface area contributed by atoms with Crippen LogP contribution >= 0.6 is 0 Å². The normalized spacial score (nSPS) is 23.2. The van der Waals surface area contributed by atoms with E-state index in [-0.39, 0.29) is 28.9 Å². The van der Waals surface area contributed by atoms with Crippen molar-refractivity contribution in [1.82, 2.24) is 26.2 Å². The number of ketones is 1. The van der Waals surface area contributed by atoms with Crippen molar-refractivity contribution in [3.05, 3.63) is 0 Å². The largest absolute Gasteiger partial charge is 0.349 e. The number of amides is 5. The molecule has 0 aromatic heterocycles. The molecule has 0 aromatic rings. The maximum absolute atomic E-state index is 14.3. The van der Waals surface area contributed by atoms with Gasteiger partial charge in [-0.05, 0) is 63.7 Å². The summed E-state index contributed by atoms with van der Waals surface area (Å²) in [6.07, 6.45) is 10.6. The summed E-state index contributed by atoms with van der Waals surface area (Å²) < 4.78 is 25.7. The topological polar surface area (TPSA) is 171 Å². The van der Waals surface area contributed by atoms with Crippen LogP contribution in [0, 0.1) is 17.3 Å². The molecular formula is C36H63N5O7S. The van der Waals surface area contributed by atoms with Crippen LogP contribution in [-0.4, -0.2) is 90.6 Å². The summed E-state index contributed by atoms with van der Waals surface area (Å²) in [6.45, 7) is 13.4. The number of sulfone groups is 1. The standard InChI is InChI=1S/C36H63N5O7S/c1-8-10-11-12-13-15-18-26(39-33(46)40-36(19-16-14-17-20-36)24-49(47,48)34(3,4)5)32(45)41-23-25-28(35(25,6)7)29(41)31(44)38-22-27(42)30(43)37-21-9-2/h25-26,28-29H,8-24H2,1-7H3,(H,37,43)(H,38,44)(H2,39,40,46)/t25-,26-,28-,29-/m0/s1. The number of likely N-dealkylation sites (tertiary alicyclic amines) is 1. The fourth-order valence-electron chi connectivity index (χ4n) is 7.64. The number of carbonyl (C=O) groups is 5. The van der Waals surface area contributed by atoms with Crippen molar-refractivity contribution in [3.8, 4) is 0 Å². The lowest BCUT2D eigenvalue weighted by Crippen LogP contribution is -2.61. The highest BCUT2D eigenvalue weighted by atomic mass is 32.2. The first-order valence-corrected chi connectivity index (χ1v) is 20.3. The molecule has 5 amide bonds. The van der Waals surface area contributed by atoms with Crippen molar-refractivity contribution in [2.45, 2.75) is 154 Å². The van der Waals surface area contributed by atoms with E-state index in [1.165, 1.54) is 0 Å². The lowest BCUT2D eigenvalue weighted by Gasteiger charge is -2.40. The third kappa shape index (κ3) is 10.4. The molecule has 0 spiro atoms. The number of rotatable bonds is 18. The van der Waals surface area contributed by atoms with Gasteiger partial charge in [-0.15, -0.1) is 0 Å². The van der Waals surface area contributed by atoms with E-state index in [9.17, 15) is 32.4 Å². The molecule has 1 aliphatic heterocycles. The second-order valence-electron chi connectivity index (χ2n) is 16.2. The van der Waals surface area contributed by atoms with E-state index < -0.39 is 62.4 Å². The maximum atomic E-state index is 14.3. The average Bonchev–Trinajstić information content (AvgIpc) is 3.33. The molecule has 2 saturated carbocycles. The zero-order chi connectivity index (χ0) is 36.6. The predicted molar refractivity (Wildman–Crippen MR) is 190 cm³/mol. The van der Waals surface area contributed by atoms with Gasteiger partial charge in [0, 0.05) is 13.1 Å². The van der Waals surface area contributed by atoms with E-state index in [2.05, 4.69) is 42.0 Å². The Balaban J connectivity index is 1.79. The summed E-state index contributed by atoms with van der Waals surface area (Å²) in [5.41, 5.74) is -1.10. The number of carbonyl (C=O) groups excluding carboxylic acids is 5. The van der Waals surface area contributed by atoms with Crippen LogP contribution < -0.4 is 21.3 Å². The molecule has 13 heteroatoms. The number of hydrogen-bond acceptors (Lipinski definition) is 7. The molecule has 49 heavy (non-hydrogen) atoms. The number of fused-ring (bicyclic) bond motifs is 1. The molecule has 280 valence electrons. The van der Waals surface area contributed by atoms with Crippen LogP contribution in [-0.2, 0) is 29.0 Å². The molecule has 1 heterocycles. The first-order chi connectivity index (χ1) is 22.9. The summed E-state index contributed by atoms with van der Waals surface area (Å²) in [7, 11) is -3.55. The van der Waals surface area contributed by atoms with Crippen LogP contribution in [0.1, 0.15) is 132 Å². The molecule has 4 N–H and O–H groups in total. The van der Waals surface area contributed by atoms with Gasteiger partial charge < -0.3 is 26.2 Å². The van der Waals surface area contributed by atoms with Gasteiger partial charge in [-0.3, -0.25) is 19.2 Å². The lowest BCUT2D eigenvalue weighted by molar-refractivity contribution is -0.142. The summed E-state index contributed by atoms with van der Waals surface area (Å²) >= 11 is 0. The first kappa shape index (κ1) is 40.7. The van der Waals surface area contributed by atoms with Gasteiger partial charge in [-0.1, -0.05) is 85.5 Å². The third-order valence-corrected chi connectivity index (χ3v) is 13.8. The van der Waals surface area contributed by atoms with Gasteiger partial charge in [0.1, 0.15) is 12.1 Å². The zero-order valence-electron chi connectivity index (χ0n) is 31.0. The van der Waals surface area contributed by atoms with E-state index in [1.54, 1.807) is 25.7 Å². The van der Waals surface area contributed by atoms with Crippen LogP contribution in [0.15, 0.2) is 0 Å². The average molecular weight is 710 g/mol. The number of nitrogens with one attached hydrogen (secondary N) is 4. The van der Waals surface area contributed by atoms with Gasteiger partial charge in [0.2, 0.25) is 17.6 Å². The van der Waals surface area contributed by atoms with Crippen LogP contribution in [0.25, 0.3) is 0 Å². The Kier molecular flexibility index (Phi) is 14.1. The highest BCUT2D eigenvalue weighted by Crippen LogP contribution is 2.64. The zero-order valence-corrected chi connectivity index (χ0v) is 31.9. The summed E-state index contributed by atoms with van der Waals surface area (Å²) in [4.78, 5) is 67.7. The van der Waals surface area contributed by atoms with Crippen LogP contribution in [0.5, 0.6) is 0 Å². The minimum absolute atomic E-state index is 0.0902. The van der Waals surface area contributed by atoms with E-state index in [0.29, 0.717) is 45.2 Å². The van der Waals surface area contributed by atoms with Crippen LogP contribution in [0.2, 0.25) is 0 Å². The van der Waals surface area contributed by atoms with Gasteiger partial charge in [0.05, 0.1) is 22.6 Å². The van der Waals surface area contributed by atoms with E-state index in [1.807, 2.05) is 6.92 Å². The monoisotopic (exact) mass is 709 g/mol. The highest BCUT2D eigenvalue weighted by molar-refractivity contribution is 7.92. The van der Waals surface area contributed by atoms with Gasteiger partial charge in [0.15, 0.2) is 9.84 Å². The number of nitrogens with zero attached hydrogens (tertiary/aromatic N) is 1. The molecule has 12 nitrogen and oxygen atoms in total. The van der Waals surface area contributed by atoms with Crippen molar-refractivity contribution in [3.63, 3.8) is 0 Å². The number of Topliss-reactive ketones (excluding diaryl/α,β-unsaturated/α-hetero) is 1. The Morgan fingerprint density at radius 3 is 2.12 bits per heavy atom. The van der Waals surface area contributed by atoms with Crippen molar-refractivity contribution in [2.24, 2.45) is 17.3 Å². The van der Waals surface area contributed by atoms with E-state index >= 15 is 0 Å². The molecule has 1 saturated heterocycles. The number of unbranched alkanes of at least 4 members (excludes halogenated alkanes) is 5. The SMILES string of the molecule is CCCCCCCC[C@H](NC(=O)NC1(CS(=O)(=O)C(C)(C)C)CCCCC1)C(=O)N1C[C@H]2[C@@H]([C@H]1C(=O)NCC(=O)C(=O)NCCC)C2(C)C. The van der Waals surface area contributed by atoms with Crippen molar-refractivity contribution >= 4 is 39.4 Å². The number of piperidine rings is 1. The lowest BCUT2D eigenvalue weighted by atomic mass is 9.83. The fourth-order valence-corrected chi connectivity index (χ4v) is 9.16. The molecule has 0 radical (unpaired) electrons. The third-order valence-electron chi connectivity index (χ3n) is 11.0. The van der Waals surface area contributed by atoms with E-state index in [0.717, 1.165) is 51.4 Å². The fraction of sp³-hybridized carbons (Fsp3) is 0.861. The minimum atomic E-state index is -3.55. The predicted octanol–water partition coefficient (Wildman–Crippen LogP) is 4.02. The minimum Gasteiger partial charge on any atom is -0.349 e. The van der Waals surface area contributed by atoms with Gasteiger partial charge in [-0.2, -0.15) is 0 Å². The van der Waals surface area contributed by atoms with Gasteiger partial charge in [0.25, 0.3) is 5.91 Å². The molecule has 3 fully saturated rings. The first-order valence-electron chi connectivity index (χ1n) is 18.6. The van der Waals surface area contributed by atoms with Crippen molar-refractivity contribution in [1.29, 1.82) is 0 Å². The molecule has 3 rings (SSSR count). The molecule has 0 unspecified atom stereocenters. The summed E-state index contributed by atoms with van der Waals surface area (Å²) in [6, 6.07) is -2.33. The maximum Gasteiger partial charge on any atom is 0.315 e. The quantitative estimate of drug-likeness (QED) is 0.123. The summed E-state index contributed by atoms with van der Waals surface area (Å²) in [5, 5.41) is 11.1. The molecule has 0 aromatic carbocycles. The molecule has 0 bridgehead atoms. The molecule has 4 atom stereocenters. The van der Waals surface area contributed by atoms with Gasteiger partial charge in [-0.25, -0.2) is 13.2 Å². The van der Waals surface area contributed by atoms with Crippen LogP contribution in [0.4, 0.5) is 4.79 Å². The molecule has 2 aliphatic carbocycles. The Bertz CT molecular complexity index is 1300. The van der Waals surface area contributed by atoms with Crippen LogP contribution in [0.3, 0.4) is 0 Å². The second-order valence-corrected chi connectivity index (χ2v) is 18.9. The second kappa shape index (κ2) is 17.0. The Labute approximate surface area is 294 Å². The Morgan fingerprint density at radius 2 is 1.51 bits per heavy atom. The van der Waals surface area contributed by atoms with E-state index in [4.69, 9.17) is 0 Å². The molecule has 3 aliphatic rings.